The van der Waals surface area contributed by atoms with E-state index in [0.29, 0.717) is 28.1 Å². The molecule has 8 nitrogen and oxygen atoms in total. The molecule has 2 heterocycles. The minimum Gasteiger partial charge on any atom is -0.508 e. The number of nitrogens with zero attached hydrogens (tertiary/aromatic N) is 1. The number of hydrogen-bond acceptors (Lipinski definition) is 6. The van der Waals surface area contributed by atoms with E-state index < -0.39 is 17.9 Å². The van der Waals surface area contributed by atoms with Gasteiger partial charge in [0.05, 0.1) is 15.8 Å². The number of phenols is 1. The predicted molar refractivity (Wildman–Crippen MR) is 131 cm³/mol. The average molecular weight is 500 g/mol. The molecular formula is C24H22ClN3O5S. The largest absolute Gasteiger partial charge is 0.508 e. The van der Waals surface area contributed by atoms with Gasteiger partial charge in [0.25, 0.3) is 11.8 Å². The van der Waals surface area contributed by atoms with Crippen LogP contribution in [0.3, 0.4) is 0 Å². The zero-order valence-electron chi connectivity index (χ0n) is 18.0. The number of ether oxygens (including phenoxy) is 1. The number of phenolic OH excluding ortho intramolecular Hbond substituents is 1. The molecule has 2 aromatic carbocycles. The molecule has 1 aliphatic rings. The number of halogens is 1. The molecule has 0 bridgehead atoms. The number of benzene rings is 2. The van der Waals surface area contributed by atoms with Crippen molar-refractivity contribution in [1.29, 1.82) is 0 Å². The van der Waals surface area contributed by atoms with Gasteiger partial charge in [-0.05, 0) is 54.1 Å². The van der Waals surface area contributed by atoms with E-state index in [4.69, 9.17) is 16.3 Å². The summed E-state index contributed by atoms with van der Waals surface area (Å²) in [7, 11) is 0. The monoisotopic (exact) mass is 499 g/mol. The Morgan fingerprint density at radius 2 is 1.82 bits per heavy atom. The molecule has 1 atom stereocenters. The Bertz CT molecular complexity index is 1180. The Balaban J connectivity index is 1.48. The maximum Gasteiger partial charge on any atom is 0.262 e. The smallest absolute Gasteiger partial charge is 0.262 e. The van der Waals surface area contributed by atoms with Gasteiger partial charge in [-0.25, -0.2) is 0 Å². The molecule has 1 aliphatic heterocycles. The zero-order chi connectivity index (χ0) is 24.1. The van der Waals surface area contributed by atoms with Crippen molar-refractivity contribution in [3.05, 3.63) is 75.4 Å². The van der Waals surface area contributed by atoms with Crippen LogP contribution in [0.15, 0.2) is 60.7 Å². The van der Waals surface area contributed by atoms with Crippen molar-refractivity contribution in [3.63, 3.8) is 0 Å². The van der Waals surface area contributed by atoms with Gasteiger partial charge in [0.1, 0.15) is 18.4 Å². The van der Waals surface area contributed by atoms with Crippen LogP contribution in [-0.2, 0) is 20.7 Å². The molecular weight excluding hydrogens is 478 g/mol. The number of carbonyl (C=O) groups is 3. The van der Waals surface area contributed by atoms with E-state index in [2.05, 4.69) is 10.6 Å². The number of amides is 3. The molecule has 3 N–H and O–H groups in total. The van der Waals surface area contributed by atoms with Crippen LogP contribution in [0.25, 0.3) is 0 Å². The van der Waals surface area contributed by atoms with Crippen molar-refractivity contribution in [2.24, 2.45) is 0 Å². The van der Waals surface area contributed by atoms with Gasteiger partial charge in [0.15, 0.2) is 0 Å². The number of hydrogen-bond donors (Lipinski definition) is 3. The third-order valence-corrected chi connectivity index (χ3v) is 6.46. The average Bonchev–Trinajstić information content (AvgIpc) is 3.27. The third-order valence-electron chi connectivity index (χ3n) is 5.23. The van der Waals surface area contributed by atoms with Gasteiger partial charge in [-0.3, -0.25) is 14.4 Å². The predicted octanol–water partition coefficient (Wildman–Crippen LogP) is 3.45. The summed E-state index contributed by atoms with van der Waals surface area (Å²) in [5.74, 6) is -0.814. The van der Waals surface area contributed by atoms with Gasteiger partial charge >= 0.3 is 0 Å². The molecule has 0 saturated carbocycles. The van der Waals surface area contributed by atoms with E-state index in [1.807, 2.05) is 0 Å². The summed E-state index contributed by atoms with van der Waals surface area (Å²) in [5, 5.41) is 15.1. The second-order valence-corrected chi connectivity index (χ2v) is 9.35. The number of rotatable bonds is 7. The number of anilines is 2. The summed E-state index contributed by atoms with van der Waals surface area (Å²) in [6, 6.07) is 15.7. The summed E-state index contributed by atoms with van der Waals surface area (Å²) in [5.41, 5.74) is 2.01. The topological polar surface area (TPSA) is 108 Å². The molecule has 10 heteroatoms. The van der Waals surface area contributed by atoms with Gasteiger partial charge in [-0.1, -0.05) is 23.7 Å². The Labute approximate surface area is 205 Å². The number of carbonyl (C=O) groups excluding carboxylic acids is 3. The fraction of sp³-hybridized carbons (Fsp3) is 0.208. The second-order valence-electron chi connectivity index (χ2n) is 7.63. The van der Waals surface area contributed by atoms with E-state index in [0.717, 1.165) is 22.6 Å². The molecule has 3 amide bonds. The van der Waals surface area contributed by atoms with Crippen molar-refractivity contribution in [3.8, 4) is 5.75 Å². The number of morpholine rings is 1. The number of nitrogens with one attached hydrogen (secondary N) is 2. The van der Waals surface area contributed by atoms with Crippen LogP contribution < -0.4 is 15.5 Å². The van der Waals surface area contributed by atoms with Crippen molar-refractivity contribution < 1.29 is 24.2 Å². The van der Waals surface area contributed by atoms with Gasteiger partial charge in [0, 0.05) is 24.3 Å². The first-order valence-corrected chi connectivity index (χ1v) is 11.7. The quantitative estimate of drug-likeness (QED) is 0.461. The summed E-state index contributed by atoms with van der Waals surface area (Å²) in [6.07, 6.45) is 0.220. The molecule has 4 rings (SSSR count). The van der Waals surface area contributed by atoms with Gasteiger partial charge in [0.2, 0.25) is 5.91 Å². The van der Waals surface area contributed by atoms with Gasteiger partial charge < -0.3 is 25.4 Å². The number of aromatic hydroxyl groups is 1. The maximum absolute atomic E-state index is 13.1. The lowest BCUT2D eigenvalue weighted by atomic mass is 10.0. The Morgan fingerprint density at radius 3 is 2.47 bits per heavy atom. The summed E-state index contributed by atoms with van der Waals surface area (Å²) >= 11 is 7.06. The highest BCUT2D eigenvalue weighted by Crippen LogP contribution is 2.22. The lowest BCUT2D eigenvalue weighted by Gasteiger charge is -2.27. The van der Waals surface area contributed by atoms with E-state index in [1.165, 1.54) is 12.1 Å². The molecule has 1 saturated heterocycles. The fourth-order valence-corrected chi connectivity index (χ4v) is 4.43. The van der Waals surface area contributed by atoms with Gasteiger partial charge in [-0.2, -0.15) is 0 Å². The van der Waals surface area contributed by atoms with Crippen LogP contribution in [0.1, 0.15) is 15.2 Å². The minimum absolute atomic E-state index is 0.0482. The highest BCUT2D eigenvalue weighted by atomic mass is 35.5. The molecule has 0 spiro atoms. The summed E-state index contributed by atoms with van der Waals surface area (Å²) < 4.78 is 5.63. The molecule has 176 valence electrons. The molecule has 1 aromatic heterocycles. The van der Waals surface area contributed by atoms with Crippen LogP contribution >= 0.6 is 22.9 Å². The summed E-state index contributed by atoms with van der Waals surface area (Å²) in [6.45, 7) is 0.989. The molecule has 0 unspecified atom stereocenters. The molecule has 0 aliphatic carbocycles. The zero-order valence-corrected chi connectivity index (χ0v) is 19.6. The fourth-order valence-electron chi connectivity index (χ4n) is 3.49. The molecule has 3 aromatic rings. The van der Waals surface area contributed by atoms with E-state index in [1.54, 1.807) is 53.4 Å². The second kappa shape index (κ2) is 10.7. The standard InChI is InChI=1S/C24H22ClN3O5S/c25-21-10-9-20(34-21)24(32)27-19(13-15-1-7-18(29)8-2-15)23(31)26-16-3-5-17(6-4-16)28-11-12-33-14-22(28)30/h1-10,19,29H,11-14H2,(H,26,31)(H,27,32)/t19-/m0/s1. The Morgan fingerprint density at radius 1 is 1.09 bits per heavy atom. The normalized spacial score (nSPS) is 14.5. The van der Waals surface area contributed by atoms with Crippen molar-refractivity contribution in [1.82, 2.24) is 5.32 Å². The van der Waals surface area contributed by atoms with Crippen molar-refractivity contribution in [2.75, 3.05) is 30.0 Å². The van der Waals surface area contributed by atoms with E-state index in [-0.39, 0.29) is 24.7 Å². The molecule has 0 radical (unpaired) electrons. The maximum atomic E-state index is 13.1. The lowest BCUT2D eigenvalue weighted by molar-refractivity contribution is -0.125. The molecule has 34 heavy (non-hydrogen) atoms. The highest BCUT2D eigenvalue weighted by Gasteiger charge is 2.24. The Hall–Kier alpha value is -3.40. The van der Waals surface area contributed by atoms with Crippen molar-refractivity contribution >= 4 is 52.0 Å². The first-order chi connectivity index (χ1) is 16.4. The van der Waals surface area contributed by atoms with Crippen molar-refractivity contribution in [2.45, 2.75) is 12.5 Å². The van der Waals surface area contributed by atoms with Crippen LogP contribution in [0.2, 0.25) is 4.34 Å². The highest BCUT2D eigenvalue weighted by molar-refractivity contribution is 7.18. The lowest BCUT2D eigenvalue weighted by Crippen LogP contribution is -2.45. The van der Waals surface area contributed by atoms with Gasteiger partial charge in [-0.15, -0.1) is 11.3 Å². The van der Waals surface area contributed by atoms with E-state index >= 15 is 0 Å². The van der Waals surface area contributed by atoms with Crippen LogP contribution in [0, 0.1) is 0 Å². The first kappa shape index (κ1) is 23.7. The third kappa shape index (κ3) is 5.93. The SMILES string of the molecule is O=C(N[C@@H](Cc1ccc(O)cc1)C(=O)Nc1ccc(N2CCOCC2=O)cc1)c1ccc(Cl)s1. The van der Waals surface area contributed by atoms with Crippen LogP contribution in [-0.4, -0.2) is 48.6 Å². The number of thiophene rings is 1. The Kier molecular flexibility index (Phi) is 7.46. The first-order valence-electron chi connectivity index (χ1n) is 10.5. The molecule has 1 fully saturated rings. The van der Waals surface area contributed by atoms with Crippen LogP contribution in [0.5, 0.6) is 5.75 Å². The minimum atomic E-state index is -0.876. The van der Waals surface area contributed by atoms with E-state index in [9.17, 15) is 19.5 Å². The van der Waals surface area contributed by atoms with Crippen LogP contribution in [0.4, 0.5) is 11.4 Å². The summed E-state index contributed by atoms with van der Waals surface area (Å²) in [4.78, 5) is 39.9.